The monoisotopic (exact) mass is 265 g/mol. The van der Waals surface area contributed by atoms with Crippen LogP contribution >= 0.6 is 0 Å². The van der Waals surface area contributed by atoms with Gasteiger partial charge in [-0.1, -0.05) is 27.7 Å². The first-order valence-corrected chi connectivity index (χ1v) is 6.93. The molecule has 1 aromatic heterocycles. The largest absolute Gasteiger partial charge is 0.370 e. The fourth-order valence-corrected chi connectivity index (χ4v) is 1.44. The van der Waals surface area contributed by atoms with Gasteiger partial charge in [-0.05, 0) is 24.3 Å². The molecule has 0 aromatic carbocycles. The van der Waals surface area contributed by atoms with Crippen LogP contribution in [0.1, 0.15) is 34.1 Å². The van der Waals surface area contributed by atoms with Gasteiger partial charge in [-0.15, -0.1) is 0 Å². The molecule has 1 heterocycles. The lowest BCUT2D eigenvalue weighted by Crippen LogP contribution is -2.31. The van der Waals surface area contributed by atoms with Gasteiger partial charge in [0.25, 0.3) is 0 Å². The molecule has 0 radical (unpaired) electrons. The Kier molecular flexibility index (Phi) is 6.02. The number of aromatic nitrogens is 2. The lowest BCUT2D eigenvalue weighted by molar-refractivity contribution is 0.405. The fraction of sp³-hybridized carbons (Fsp3) is 0.714. The Hall–Kier alpha value is -1.36. The second-order valence-electron chi connectivity index (χ2n) is 6.12. The molecule has 1 rings (SSSR count). The van der Waals surface area contributed by atoms with Gasteiger partial charge >= 0.3 is 0 Å². The predicted octanol–water partition coefficient (Wildman–Crippen LogP) is 2.33. The van der Waals surface area contributed by atoms with E-state index in [2.05, 4.69) is 48.3 Å². The maximum atomic E-state index is 5.71. The van der Waals surface area contributed by atoms with Crippen molar-refractivity contribution in [1.29, 1.82) is 0 Å². The number of nitrogens with one attached hydrogen (secondary N) is 2. The minimum absolute atomic E-state index is 0.0657. The summed E-state index contributed by atoms with van der Waals surface area (Å²) in [5.74, 6) is 2.39. The highest BCUT2D eigenvalue weighted by molar-refractivity contribution is 5.46. The summed E-state index contributed by atoms with van der Waals surface area (Å²) in [6, 6.07) is 1.94. The van der Waals surface area contributed by atoms with Crippen molar-refractivity contribution in [3.8, 4) is 0 Å². The smallest absolute Gasteiger partial charge is 0.131 e. The minimum Gasteiger partial charge on any atom is -0.370 e. The molecular formula is C14H27N5. The average Bonchev–Trinajstić information content (AvgIpc) is 2.37. The third-order valence-corrected chi connectivity index (χ3v) is 3.00. The van der Waals surface area contributed by atoms with Crippen LogP contribution in [0.25, 0.3) is 0 Å². The number of hydrogen-bond acceptors (Lipinski definition) is 5. The van der Waals surface area contributed by atoms with Gasteiger partial charge in [-0.2, -0.15) is 0 Å². The highest BCUT2D eigenvalue weighted by Gasteiger charge is 2.15. The van der Waals surface area contributed by atoms with Gasteiger partial charge in [0.2, 0.25) is 0 Å². The Morgan fingerprint density at radius 1 is 1.21 bits per heavy atom. The molecule has 5 nitrogen and oxygen atoms in total. The zero-order valence-corrected chi connectivity index (χ0v) is 12.5. The van der Waals surface area contributed by atoms with Crippen molar-refractivity contribution in [3.05, 3.63) is 12.4 Å². The molecule has 0 saturated heterocycles. The van der Waals surface area contributed by atoms with Crippen molar-refractivity contribution in [2.24, 2.45) is 17.1 Å². The molecule has 0 aliphatic heterocycles. The van der Waals surface area contributed by atoms with Gasteiger partial charge in [0.1, 0.15) is 18.0 Å². The Balaban J connectivity index is 2.48. The summed E-state index contributed by atoms with van der Waals surface area (Å²) in [6.45, 7) is 11.1. The molecule has 0 unspecified atom stereocenters. The van der Waals surface area contributed by atoms with Crippen molar-refractivity contribution < 1.29 is 0 Å². The van der Waals surface area contributed by atoms with E-state index in [1.54, 1.807) is 6.33 Å². The van der Waals surface area contributed by atoms with E-state index < -0.39 is 0 Å². The second kappa shape index (κ2) is 7.28. The number of anilines is 2. The lowest BCUT2D eigenvalue weighted by Gasteiger charge is -2.22. The molecule has 0 amide bonds. The van der Waals surface area contributed by atoms with Crippen molar-refractivity contribution in [2.75, 3.05) is 30.3 Å². The number of nitrogens with zero attached hydrogens (tertiary/aromatic N) is 2. The van der Waals surface area contributed by atoms with Crippen LogP contribution in [0.2, 0.25) is 0 Å². The van der Waals surface area contributed by atoms with Crippen LogP contribution < -0.4 is 16.4 Å². The van der Waals surface area contributed by atoms with Gasteiger partial charge in [0.05, 0.1) is 0 Å². The molecule has 0 fully saturated rings. The van der Waals surface area contributed by atoms with Crippen molar-refractivity contribution in [3.63, 3.8) is 0 Å². The van der Waals surface area contributed by atoms with Gasteiger partial charge in [0.15, 0.2) is 0 Å². The van der Waals surface area contributed by atoms with Crippen LogP contribution in [0.4, 0.5) is 11.6 Å². The summed E-state index contributed by atoms with van der Waals surface area (Å²) in [4.78, 5) is 8.43. The molecule has 0 aliphatic rings. The predicted molar refractivity (Wildman–Crippen MR) is 81.3 cm³/mol. The molecule has 0 spiro atoms. The van der Waals surface area contributed by atoms with Gasteiger partial charge < -0.3 is 16.4 Å². The number of hydrogen-bond donors (Lipinski definition) is 3. The molecule has 1 aromatic rings. The van der Waals surface area contributed by atoms with Crippen molar-refractivity contribution in [2.45, 2.75) is 34.1 Å². The standard InChI is InChI=1S/C14H27N5/c1-11(2)5-6-16-12-7-13(19-10-18-12)17-9-14(3,4)8-15/h7,10-11H,5-6,8-9,15H2,1-4H3,(H2,16,17,18,19). The van der Waals surface area contributed by atoms with Gasteiger partial charge in [-0.3, -0.25) is 0 Å². The van der Waals surface area contributed by atoms with Crippen LogP contribution in [0, 0.1) is 11.3 Å². The summed E-state index contributed by atoms with van der Waals surface area (Å²) in [7, 11) is 0. The highest BCUT2D eigenvalue weighted by atomic mass is 15.1. The molecular weight excluding hydrogens is 238 g/mol. The van der Waals surface area contributed by atoms with Crippen LogP contribution in [-0.4, -0.2) is 29.6 Å². The van der Waals surface area contributed by atoms with E-state index in [4.69, 9.17) is 5.73 Å². The van der Waals surface area contributed by atoms with Crippen molar-refractivity contribution in [1.82, 2.24) is 9.97 Å². The SMILES string of the molecule is CC(C)CCNc1cc(NCC(C)(C)CN)ncn1. The topological polar surface area (TPSA) is 75.9 Å². The Morgan fingerprint density at radius 3 is 2.42 bits per heavy atom. The molecule has 0 atom stereocenters. The molecule has 108 valence electrons. The van der Waals surface area contributed by atoms with Crippen LogP contribution in [0.5, 0.6) is 0 Å². The zero-order chi connectivity index (χ0) is 14.3. The quantitative estimate of drug-likeness (QED) is 0.672. The third-order valence-electron chi connectivity index (χ3n) is 3.00. The normalized spacial score (nSPS) is 11.7. The van der Waals surface area contributed by atoms with Crippen LogP contribution in [0.3, 0.4) is 0 Å². The lowest BCUT2D eigenvalue weighted by atomic mass is 9.94. The first-order chi connectivity index (χ1) is 8.93. The van der Waals surface area contributed by atoms with E-state index in [-0.39, 0.29) is 5.41 Å². The van der Waals surface area contributed by atoms with E-state index in [0.29, 0.717) is 12.5 Å². The summed E-state index contributed by atoms with van der Waals surface area (Å²) >= 11 is 0. The van der Waals surface area contributed by atoms with E-state index in [0.717, 1.165) is 31.1 Å². The summed E-state index contributed by atoms with van der Waals surface area (Å²) in [6.07, 6.45) is 2.71. The summed E-state index contributed by atoms with van der Waals surface area (Å²) < 4.78 is 0. The second-order valence-corrected chi connectivity index (χ2v) is 6.12. The molecule has 4 N–H and O–H groups in total. The van der Waals surface area contributed by atoms with Crippen molar-refractivity contribution >= 4 is 11.6 Å². The minimum atomic E-state index is 0.0657. The van der Waals surface area contributed by atoms with Crippen LogP contribution in [0.15, 0.2) is 12.4 Å². The Bertz CT molecular complexity index is 376. The van der Waals surface area contributed by atoms with E-state index in [1.807, 2.05) is 6.07 Å². The fourth-order valence-electron chi connectivity index (χ4n) is 1.44. The van der Waals surface area contributed by atoms with Gasteiger partial charge in [-0.25, -0.2) is 9.97 Å². The molecule has 0 aliphatic carbocycles. The number of nitrogens with two attached hydrogens (primary N) is 1. The average molecular weight is 265 g/mol. The third kappa shape index (κ3) is 6.38. The zero-order valence-electron chi connectivity index (χ0n) is 12.5. The molecule has 5 heteroatoms. The molecule has 0 saturated carbocycles. The number of rotatable bonds is 8. The van der Waals surface area contributed by atoms with E-state index >= 15 is 0 Å². The Labute approximate surface area is 116 Å². The van der Waals surface area contributed by atoms with Gasteiger partial charge in [0, 0.05) is 19.2 Å². The molecule has 19 heavy (non-hydrogen) atoms. The highest BCUT2D eigenvalue weighted by Crippen LogP contribution is 2.15. The first kappa shape index (κ1) is 15.7. The van der Waals surface area contributed by atoms with E-state index in [9.17, 15) is 0 Å². The maximum Gasteiger partial charge on any atom is 0.131 e. The van der Waals surface area contributed by atoms with E-state index in [1.165, 1.54) is 0 Å². The van der Waals surface area contributed by atoms with Crippen LogP contribution in [-0.2, 0) is 0 Å². The first-order valence-electron chi connectivity index (χ1n) is 6.93. The maximum absolute atomic E-state index is 5.71. The summed E-state index contributed by atoms with van der Waals surface area (Å²) in [5, 5.41) is 6.62. The summed E-state index contributed by atoms with van der Waals surface area (Å²) in [5.41, 5.74) is 5.77. The Morgan fingerprint density at radius 2 is 1.84 bits per heavy atom. The molecule has 0 bridgehead atoms.